The summed E-state index contributed by atoms with van der Waals surface area (Å²) in [6.07, 6.45) is -6.13. The van der Waals surface area contributed by atoms with Crippen LogP contribution in [0.15, 0.2) is 67.8 Å². The molecule has 0 saturated carbocycles. The van der Waals surface area contributed by atoms with E-state index in [1.165, 1.54) is 18.0 Å². The zero-order chi connectivity index (χ0) is 31.0. The van der Waals surface area contributed by atoms with Crippen LogP contribution in [0.2, 0.25) is 0 Å². The number of nitrogens with zero attached hydrogens (tertiary/aromatic N) is 3. The van der Waals surface area contributed by atoms with Gasteiger partial charge in [-0.1, -0.05) is 36.4 Å². The molecule has 2 aromatic carbocycles. The molecule has 2 aromatic rings. The Labute approximate surface area is 241 Å². The number of hydrogen-bond donors (Lipinski definition) is 0. The molecule has 2 aliphatic rings. The number of hydrogen-bond acceptors (Lipinski definition) is 2. The molecule has 2 heterocycles. The van der Waals surface area contributed by atoms with E-state index in [-0.39, 0.29) is 49.0 Å². The first-order valence-electron chi connectivity index (χ1n) is 13.6. The molecule has 42 heavy (non-hydrogen) atoms. The van der Waals surface area contributed by atoms with E-state index in [9.17, 15) is 35.9 Å². The number of aryl methyl sites for hydroxylation is 1. The molecular weight excluding hydrogens is 560 g/mol. The number of amides is 3. The van der Waals surface area contributed by atoms with Gasteiger partial charge in [0.05, 0.1) is 29.3 Å². The second kappa shape index (κ2) is 11.9. The van der Waals surface area contributed by atoms with Gasteiger partial charge in [-0.25, -0.2) is 4.79 Å². The Morgan fingerprint density at radius 1 is 1.02 bits per heavy atom. The zero-order valence-corrected chi connectivity index (χ0v) is 23.4. The average Bonchev–Trinajstić information content (AvgIpc) is 3.25. The predicted octanol–water partition coefficient (Wildman–Crippen LogP) is 7.55. The Morgan fingerprint density at radius 3 is 2.19 bits per heavy atom. The molecule has 4 atom stereocenters. The van der Waals surface area contributed by atoms with Crippen LogP contribution >= 0.6 is 0 Å². The van der Waals surface area contributed by atoms with Gasteiger partial charge in [-0.2, -0.15) is 26.3 Å². The molecule has 0 aliphatic carbocycles. The van der Waals surface area contributed by atoms with Gasteiger partial charge >= 0.3 is 18.4 Å². The number of urea groups is 1. The SMILES string of the molecule is C=CCC1CC2C(c3ccccc3C)N(C(=O)N(C)C(CC=C)c3cc(C(F)(F)F)cc(C(F)(F)F)c3)CCN2C1=O. The molecule has 2 aliphatic heterocycles. The Bertz CT molecular complexity index is 1320. The van der Waals surface area contributed by atoms with Crippen LogP contribution in [0.4, 0.5) is 31.1 Å². The van der Waals surface area contributed by atoms with Crippen molar-refractivity contribution in [2.75, 3.05) is 20.1 Å². The van der Waals surface area contributed by atoms with Gasteiger partial charge in [0.15, 0.2) is 0 Å². The van der Waals surface area contributed by atoms with E-state index in [2.05, 4.69) is 13.2 Å². The summed E-state index contributed by atoms with van der Waals surface area (Å²) in [6, 6.07) is 6.17. The highest BCUT2D eigenvalue weighted by Gasteiger charge is 2.50. The van der Waals surface area contributed by atoms with Gasteiger partial charge in [0.25, 0.3) is 0 Å². The average molecular weight is 594 g/mol. The molecule has 0 aromatic heterocycles. The third-order valence-corrected chi connectivity index (χ3v) is 8.20. The molecule has 11 heteroatoms. The molecular formula is C31H33F6N3O2. The first-order valence-corrected chi connectivity index (χ1v) is 13.6. The molecule has 226 valence electrons. The van der Waals surface area contributed by atoms with Gasteiger partial charge in [-0.3, -0.25) is 4.79 Å². The maximum Gasteiger partial charge on any atom is 0.416 e. The van der Waals surface area contributed by atoms with Crippen LogP contribution in [0.3, 0.4) is 0 Å². The van der Waals surface area contributed by atoms with Crippen molar-refractivity contribution in [2.24, 2.45) is 5.92 Å². The number of benzene rings is 2. The topological polar surface area (TPSA) is 43.9 Å². The largest absolute Gasteiger partial charge is 0.416 e. The normalized spacial score (nSPS) is 21.6. The van der Waals surface area contributed by atoms with E-state index < -0.39 is 41.6 Å². The molecule has 0 bridgehead atoms. The predicted molar refractivity (Wildman–Crippen MR) is 146 cm³/mol. The smallest absolute Gasteiger partial charge is 0.335 e. The van der Waals surface area contributed by atoms with Gasteiger partial charge in [0.2, 0.25) is 5.91 Å². The minimum atomic E-state index is -5.03. The Balaban J connectivity index is 1.76. The molecule has 2 saturated heterocycles. The van der Waals surface area contributed by atoms with Gasteiger partial charge in [0, 0.05) is 26.1 Å². The zero-order valence-electron chi connectivity index (χ0n) is 23.4. The minimum Gasteiger partial charge on any atom is -0.335 e. The lowest BCUT2D eigenvalue weighted by Crippen LogP contribution is -2.57. The second-order valence-corrected chi connectivity index (χ2v) is 10.8. The van der Waals surface area contributed by atoms with E-state index in [0.29, 0.717) is 25.0 Å². The number of carbonyl (C=O) groups excluding carboxylic acids is 2. The summed E-state index contributed by atoms with van der Waals surface area (Å²) in [5.41, 5.74) is -1.50. The van der Waals surface area contributed by atoms with Crippen molar-refractivity contribution in [3.8, 4) is 0 Å². The summed E-state index contributed by atoms with van der Waals surface area (Å²) >= 11 is 0. The fraction of sp³-hybridized carbons (Fsp3) is 0.419. The van der Waals surface area contributed by atoms with Gasteiger partial charge in [0.1, 0.15) is 0 Å². The van der Waals surface area contributed by atoms with E-state index in [0.717, 1.165) is 11.1 Å². The number of alkyl halides is 6. The van der Waals surface area contributed by atoms with E-state index >= 15 is 0 Å². The van der Waals surface area contributed by atoms with E-state index in [1.54, 1.807) is 15.9 Å². The van der Waals surface area contributed by atoms with Crippen LogP contribution in [0.5, 0.6) is 0 Å². The number of allylic oxidation sites excluding steroid dienone is 1. The lowest BCUT2D eigenvalue weighted by Gasteiger charge is -2.47. The monoisotopic (exact) mass is 593 g/mol. The summed E-state index contributed by atoms with van der Waals surface area (Å²) in [5.74, 6) is -0.307. The van der Waals surface area contributed by atoms with Crippen molar-refractivity contribution in [2.45, 2.75) is 56.7 Å². The molecule has 0 radical (unpaired) electrons. The lowest BCUT2D eigenvalue weighted by molar-refractivity contribution is -0.143. The van der Waals surface area contributed by atoms with Gasteiger partial charge in [-0.05, 0) is 61.1 Å². The Kier molecular flexibility index (Phi) is 8.80. The van der Waals surface area contributed by atoms with Gasteiger partial charge < -0.3 is 14.7 Å². The van der Waals surface area contributed by atoms with Crippen LogP contribution < -0.4 is 0 Å². The van der Waals surface area contributed by atoms with Crippen LogP contribution in [0.25, 0.3) is 0 Å². The standard InChI is InChI=1S/C31H33F6N3O2/c1-5-9-20-17-26-27(24-12-8-7-11-19(24)3)40(14-13-39(26)28(20)41)29(42)38(4)25(10-6-2)21-15-22(30(32,33)34)18-23(16-21)31(35,36)37/h5-8,11-12,15-16,18,20,25-27H,1-2,9-10,13-14,17H2,3-4H3. The summed E-state index contributed by atoms with van der Waals surface area (Å²) in [5, 5.41) is 0. The number of fused-ring (bicyclic) bond motifs is 1. The fourth-order valence-electron chi connectivity index (χ4n) is 6.14. The molecule has 5 nitrogen and oxygen atoms in total. The molecule has 4 unspecified atom stereocenters. The molecule has 0 spiro atoms. The molecule has 4 rings (SSSR count). The number of carbonyl (C=O) groups is 2. The van der Waals surface area contributed by atoms with Crippen molar-refractivity contribution in [3.05, 3.63) is 95.6 Å². The first kappa shape index (κ1) is 31.2. The lowest BCUT2D eigenvalue weighted by atomic mass is 9.88. The first-order chi connectivity index (χ1) is 19.7. The number of piperazine rings is 1. The number of halogens is 6. The van der Waals surface area contributed by atoms with Crippen molar-refractivity contribution in [1.29, 1.82) is 0 Å². The summed E-state index contributed by atoms with van der Waals surface area (Å²) < 4.78 is 81.8. The molecule has 0 N–H and O–H groups in total. The fourth-order valence-corrected chi connectivity index (χ4v) is 6.14. The molecule has 3 amide bonds. The Morgan fingerprint density at radius 2 is 1.64 bits per heavy atom. The summed E-state index contributed by atoms with van der Waals surface area (Å²) in [6.45, 7) is 9.66. The van der Waals surface area contributed by atoms with Crippen LogP contribution in [-0.4, -0.2) is 52.8 Å². The molecule has 2 fully saturated rings. The summed E-state index contributed by atoms with van der Waals surface area (Å²) in [7, 11) is 1.37. The second-order valence-electron chi connectivity index (χ2n) is 10.8. The van der Waals surface area contributed by atoms with Crippen LogP contribution in [-0.2, 0) is 17.1 Å². The van der Waals surface area contributed by atoms with Crippen LogP contribution in [0, 0.1) is 12.8 Å². The highest BCUT2D eigenvalue weighted by molar-refractivity contribution is 5.83. The highest BCUT2D eigenvalue weighted by atomic mass is 19.4. The van der Waals surface area contributed by atoms with Crippen molar-refractivity contribution in [1.82, 2.24) is 14.7 Å². The number of rotatable bonds is 7. The third-order valence-electron chi connectivity index (χ3n) is 8.20. The van der Waals surface area contributed by atoms with Crippen molar-refractivity contribution < 1.29 is 35.9 Å². The highest BCUT2D eigenvalue weighted by Crippen LogP contribution is 2.43. The minimum absolute atomic E-state index is 0.0212. The quantitative estimate of drug-likeness (QED) is 0.246. The Hall–Kier alpha value is -3.76. The van der Waals surface area contributed by atoms with E-state index in [1.807, 2.05) is 31.2 Å². The maximum atomic E-state index is 14.2. The third kappa shape index (κ3) is 6.05. The van der Waals surface area contributed by atoms with E-state index in [4.69, 9.17) is 0 Å². The maximum absolute atomic E-state index is 14.2. The van der Waals surface area contributed by atoms with Crippen molar-refractivity contribution in [3.63, 3.8) is 0 Å². The van der Waals surface area contributed by atoms with Crippen LogP contribution in [0.1, 0.15) is 59.2 Å². The summed E-state index contributed by atoms with van der Waals surface area (Å²) in [4.78, 5) is 31.9. The van der Waals surface area contributed by atoms with Crippen molar-refractivity contribution >= 4 is 11.9 Å². The van der Waals surface area contributed by atoms with Gasteiger partial charge in [-0.15, -0.1) is 13.2 Å².